The molecule has 0 atom stereocenters. The van der Waals surface area contributed by atoms with Crippen LogP contribution in [-0.2, 0) is 7.05 Å². The SMILES string of the molecule is Cn1ncc(C(=O)N2CCN(C(=O)c3ccc(Cl)cc3)CC2)c1-n1cccc1. The number of aromatic nitrogens is 3. The Bertz CT molecular complexity index is 986. The number of aryl methyl sites for hydroxylation is 1. The molecule has 3 heterocycles. The molecule has 0 bridgehead atoms. The van der Waals surface area contributed by atoms with E-state index in [1.54, 1.807) is 44.9 Å². The van der Waals surface area contributed by atoms with Crippen molar-refractivity contribution < 1.29 is 9.59 Å². The second-order valence-corrected chi connectivity index (χ2v) is 7.12. The third-order valence-corrected chi connectivity index (χ3v) is 5.18. The lowest BCUT2D eigenvalue weighted by molar-refractivity contribution is 0.0535. The van der Waals surface area contributed by atoms with Crippen LogP contribution in [0.2, 0.25) is 5.02 Å². The van der Waals surface area contributed by atoms with Gasteiger partial charge in [0, 0.05) is 56.2 Å². The molecule has 0 spiro atoms. The van der Waals surface area contributed by atoms with Crippen LogP contribution in [0.25, 0.3) is 5.82 Å². The van der Waals surface area contributed by atoms with Gasteiger partial charge in [0.2, 0.25) is 0 Å². The number of halogens is 1. The maximum Gasteiger partial charge on any atom is 0.259 e. The Hall–Kier alpha value is -3.06. The van der Waals surface area contributed by atoms with Crippen molar-refractivity contribution in [3.05, 3.63) is 71.1 Å². The van der Waals surface area contributed by atoms with Gasteiger partial charge >= 0.3 is 0 Å². The number of hydrogen-bond donors (Lipinski definition) is 0. The molecule has 3 aromatic rings. The first-order valence-corrected chi connectivity index (χ1v) is 9.42. The van der Waals surface area contributed by atoms with Gasteiger partial charge in [-0.25, -0.2) is 0 Å². The van der Waals surface area contributed by atoms with Gasteiger partial charge in [-0.15, -0.1) is 0 Å². The van der Waals surface area contributed by atoms with Crippen molar-refractivity contribution in [1.82, 2.24) is 24.1 Å². The molecule has 1 aromatic carbocycles. The molecule has 4 rings (SSSR count). The summed E-state index contributed by atoms with van der Waals surface area (Å²) in [5.41, 5.74) is 1.16. The Morgan fingerprint density at radius 1 is 0.929 bits per heavy atom. The Balaban J connectivity index is 1.45. The van der Waals surface area contributed by atoms with Crippen LogP contribution in [0.5, 0.6) is 0 Å². The van der Waals surface area contributed by atoms with E-state index in [2.05, 4.69) is 5.10 Å². The lowest BCUT2D eigenvalue weighted by atomic mass is 10.1. The standard InChI is InChI=1S/C20H20ClN5O2/c1-23-18(24-8-2-3-9-24)17(14-22-23)20(28)26-12-10-25(11-13-26)19(27)15-4-6-16(21)7-5-15/h2-9,14H,10-13H2,1H3. The third-order valence-electron chi connectivity index (χ3n) is 4.93. The number of rotatable bonds is 3. The summed E-state index contributed by atoms with van der Waals surface area (Å²) < 4.78 is 3.56. The lowest BCUT2D eigenvalue weighted by Crippen LogP contribution is -2.50. The molecule has 2 aromatic heterocycles. The first-order chi connectivity index (χ1) is 13.5. The first kappa shape index (κ1) is 18.3. The maximum absolute atomic E-state index is 13.1. The molecule has 1 fully saturated rings. The molecule has 7 nitrogen and oxygen atoms in total. The van der Waals surface area contributed by atoms with Crippen LogP contribution in [0.4, 0.5) is 0 Å². The van der Waals surface area contributed by atoms with Gasteiger partial charge in [-0.3, -0.25) is 14.3 Å². The fraction of sp³-hybridized carbons (Fsp3) is 0.250. The molecular weight excluding hydrogens is 378 g/mol. The number of piperazine rings is 1. The number of nitrogens with zero attached hydrogens (tertiary/aromatic N) is 5. The molecule has 0 saturated carbocycles. The molecular formula is C20H20ClN5O2. The number of carbonyl (C=O) groups is 2. The van der Waals surface area contributed by atoms with Gasteiger partial charge in [-0.05, 0) is 36.4 Å². The third kappa shape index (κ3) is 3.41. The topological polar surface area (TPSA) is 63.4 Å². The van der Waals surface area contributed by atoms with Crippen LogP contribution in [0.15, 0.2) is 55.0 Å². The molecule has 28 heavy (non-hydrogen) atoms. The predicted octanol–water partition coefficient (Wildman–Crippen LogP) is 2.46. The van der Waals surface area contributed by atoms with Crippen molar-refractivity contribution in [2.45, 2.75) is 0 Å². The van der Waals surface area contributed by atoms with E-state index in [1.165, 1.54) is 0 Å². The zero-order valence-electron chi connectivity index (χ0n) is 15.5. The summed E-state index contributed by atoms with van der Waals surface area (Å²) >= 11 is 5.89. The van der Waals surface area contributed by atoms with Gasteiger partial charge in [-0.1, -0.05) is 11.6 Å². The average molecular weight is 398 g/mol. The highest BCUT2D eigenvalue weighted by atomic mass is 35.5. The van der Waals surface area contributed by atoms with Crippen molar-refractivity contribution in [2.24, 2.45) is 7.05 Å². The van der Waals surface area contributed by atoms with Crippen molar-refractivity contribution in [3.8, 4) is 5.82 Å². The molecule has 0 aliphatic carbocycles. The van der Waals surface area contributed by atoms with Crippen molar-refractivity contribution >= 4 is 23.4 Å². The summed E-state index contributed by atoms with van der Waals surface area (Å²) in [7, 11) is 1.81. The summed E-state index contributed by atoms with van der Waals surface area (Å²) in [6, 6.07) is 10.7. The number of amides is 2. The molecule has 0 N–H and O–H groups in total. The minimum absolute atomic E-state index is 0.0434. The second kappa shape index (κ2) is 7.52. The molecule has 1 aliphatic heterocycles. The summed E-state index contributed by atoms with van der Waals surface area (Å²) in [6.07, 6.45) is 5.37. The molecule has 1 aliphatic rings. The Morgan fingerprint density at radius 2 is 1.50 bits per heavy atom. The van der Waals surface area contributed by atoms with Crippen LogP contribution in [0.3, 0.4) is 0 Å². The second-order valence-electron chi connectivity index (χ2n) is 6.69. The quantitative estimate of drug-likeness (QED) is 0.682. The lowest BCUT2D eigenvalue weighted by Gasteiger charge is -2.34. The predicted molar refractivity (Wildman–Crippen MR) is 106 cm³/mol. The highest BCUT2D eigenvalue weighted by Crippen LogP contribution is 2.18. The van der Waals surface area contributed by atoms with Gasteiger partial charge in [-0.2, -0.15) is 5.10 Å². The summed E-state index contributed by atoms with van der Waals surface area (Å²) in [6.45, 7) is 1.95. The van der Waals surface area contributed by atoms with Crippen LogP contribution in [0, 0.1) is 0 Å². The van der Waals surface area contributed by atoms with Gasteiger partial charge in [0.15, 0.2) is 0 Å². The fourth-order valence-corrected chi connectivity index (χ4v) is 3.55. The van der Waals surface area contributed by atoms with E-state index in [9.17, 15) is 9.59 Å². The van der Waals surface area contributed by atoms with E-state index in [-0.39, 0.29) is 11.8 Å². The monoisotopic (exact) mass is 397 g/mol. The van der Waals surface area contributed by atoms with Crippen molar-refractivity contribution in [3.63, 3.8) is 0 Å². The van der Waals surface area contributed by atoms with Crippen molar-refractivity contribution in [2.75, 3.05) is 26.2 Å². The average Bonchev–Trinajstić information content (AvgIpc) is 3.37. The highest BCUT2D eigenvalue weighted by molar-refractivity contribution is 6.30. The van der Waals surface area contributed by atoms with Gasteiger partial charge in [0.05, 0.1) is 6.20 Å². The van der Waals surface area contributed by atoms with E-state index in [0.29, 0.717) is 42.3 Å². The van der Waals surface area contributed by atoms with Crippen LogP contribution < -0.4 is 0 Å². The van der Waals surface area contributed by atoms with Crippen molar-refractivity contribution in [1.29, 1.82) is 0 Å². The molecule has 8 heteroatoms. The summed E-state index contributed by atoms with van der Waals surface area (Å²) in [5, 5.41) is 4.85. The van der Waals surface area contributed by atoms with Gasteiger partial charge in [0.1, 0.15) is 11.4 Å². The van der Waals surface area contributed by atoms with E-state index in [0.717, 1.165) is 5.82 Å². The Kier molecular flexibility index (Phi) is 4.92. The Labute approximate surface area is 167 Å². The van der Waals surface area contributed by atoms with E-state index in [4.69, 9.17) is 11.6 Å². The Morgan fingerprint density at radius 3 is 2.11 bits per heavy atom. The van der Waals surface area contributed by atoms with Gasteiger partial charge < -0.3 is 14.4 Å². The zero-order valence-corrected chi connectivity index (χ0v) is 16.2. The normalized spacial score (nSPS) is 14.4. The van der Waals surface area contributed by atoms with E-state index < -0.39 is 0 Å². The van der Waals surface area contributed by atoms with E-state index in [1.807, 2.05) is 36.1 Å². The summed E-state index contributed by atoms with van der Waals surface area (Å²) in [5.74, 6) is 0.614. The largest absolute Gasteiger partial charge is 0.335 e. The number of benzene rings is 1. The summed E-state index contributed by atoms with van der Waals surface area (Å²) in [4.78, 5) is 29.2. The molecule has 144 valence electrons. The maximum atomic E-state index is 13.1. The molecule has 2 amide bonds. The molecule has 0 radical (unpaired) electrons. The van der Waals surface area contributed by atoms with Crippen LogP contribution in [0.1, 0.15) is 20.7 Å². The minimum atomic E-state index is -0.0737. The smallest absolute Gasteiger partial charge is 0.259 e. The zero-order chi connectivity index (χ0) is 19.7. The molecule has 0 unspecified atom stereocenters. The molecule has 1 saturated heterocycles. The van der Waals surface area contributed by atoms with Crippen LogP contribution >= 0.6 is 11.6 Å². The highest BCUT2D eigenvalue weighted by Gasteiger charge is 2.28. The van der Waals surface area contributed by atoms with Crippen LogP contribution in [-0.4, -0.2) is 62.1 Å². The number of hydrogen-bond acceptors (Lipinski definition) is 3. The fourth-order valence-electron chi connectivity index (χ4n) is 3.42. The van der Waals surface area contributed by atoms with Gasteiger partial charge in [0.25, 0.3) is 11.8 Å². The first-order valence-electron chi connectivity index (χ1n) is 9.04. The van der Waals surface area contributed by atoms with E-state index >= 15 is 0 Å². The minimum Gasteiger partial charge on any atom is -0.335 e. The number of carbonyl (C=O) groups excluding carboxylic acids is 2.